The highest BCUT2D eigenvalue weighted by Gasteiger charge is 2.32. The van der Waals surface area contributed by atoms with E-state index in [1.165, 1.54) is 10.4 Å². The van der Waals surface area contributed by atoms with E-state index in [0.717, 1.165) is 12.1 Å². The highest BCUT2D eigenvalue weighted by Crippen LogP contribution is 2.25. The Kier molecular flexibility index (Phi) is 3.40. The van der Waals surface area contributed by atoms with Gasteiger partial charge in [-0.1, -0.05) is 11.6 Å². The molecular weight excluding hydrogens is 267 g/mol. The van der Waals surface area contributed by atoms with Crippen LogP contribution < -0.4 is 5.73 Å². The van der Waals surface area contributed by atoms with E-state index in [9.17, 15) is 12.8 Å². The molecule has 1 heterocycles. The maximum Gasteiger partial charge on any atom is 0.246 e. The highest BCUT2D eigenvalue weighted by molar-refractivity contribution is 7.89. The Morgan fingerprint density at radius 3 is 2.76 bits per heavy atom. The molecule has 0 amide bonds. The Bertz CT molecular complexity index is 535. The third-order valence-corrected chi connectivity index (χ3v) is 4.81. The average molecular weight is 279 g/mol. The maximum absolute atomic E-state index is 13.5. The Hall–Kier alpha value is -0.690. The highest BCUT2D eigenvalue weighted by atomic mass is 35.5. The van der Waals surface area contributed by atoms with E-state index in [4.69, 9.17) is 17.3 Å². The average Bonchev–Trinajstić information content (AvgIpc) is 2.69. The van der Waals surface area contributed by atoms with Gasteiger partial charge in [0.2, 0.25) is 10.0 Å². The van der Waals surface area contributed by atoms with E-state index in [-0.39, 0.29) is 22.5 Å². The monoisotopic (exact) mass is 278 g/mol. The van der Waals surface area contributed by atoms with Gasteiger partial charge >= 0.3 is 0 Å². The zero-order chi connectivity index (χ0) is 12.6. The van der Waals surface area contributed by atoms with E-state index in [0.29, 0.717) is 13.0 Å². The van der Waals surface area contributed by atoms with Crippen molar-refractivity contribution in [1.82, 2.24) is 4.31 Å². The first-order valence-electron chi connectivity index (χ1n) is 5.12. The predicted octanol–water partition coefficient (Wildman–Crippen LogP) is 1.20. The van der Waals surface area contributed by atoms with Gasteiger partial charge in [0.1, 0.15) is 10.7 Å². The summed E-state index contributed by atoms with van der Waals surface area (Å²) in [5.74, 6) is -0.796. The van der Waals surface area contributed by atoms with Crippen molar-refractivity contribution >= 4 is 21.6 Å². The molecule has 1 aromatic rings. The molecule has 0 spiro atoms. The van der Waals surface area contributed by atoms with Crippen LogP contribution in [0.2, 0.25) is 5.02 Å². The molecule has 94 valence electrons. The molecule has 7 heteroatoms. The first-order chi connectivity index (χ1) is 7.91. The number of halogens is 2. The molecule has 0 aliphatic carbocycles. The van der Waals surface area contributed by atoms with Crippen LogP contribution >= 0.6 is 11.6 Å². The lowest BCUT2D eigenvalue weighted by molar-refractivity contribution is 0.465. The molecule has 4 nitrogen and oxygen atoms in total. The lowest BCUT2D eigenvalue weighted by Gasteiger charge is -2.16. The Labute approximate surface area is 104 Å². The second kappa shape index (κ2) is 4.53. The summed E-state index contributed by atoms with van der Waals surface area (Å²) in [6, 6.07) is 3.29. The first-order valence-corrected chi connectivity index (χ1v) is 6.94. The van der Waals surface area contributed by atoms with Gasteiger partial charge in [-0.05, 0) is 24.6 Å². The molecule has 0 saturated carbocycles. The van der Waals surface area contributed by atoms with Gasteiger partial charge < -0.3 is 5.73 Å². The Morgan fingerprint density at radius 1 is 1.47 bits per heavy atom. The minimum Gasteiger partial charge on any atom is -0.326 e. The molecule has 0 aromatic heterocycles. The largest absolute Gasteiger partial charge is 0.326 e. The summed E-state index contributed by atoms with van der Waals surface area (Å²) in [4.78, 5) is -0.390. The van der Waals surface area contributed by atoms with Crippen molar-refractivity contribution in [3.05, 3.63) is 29.0 Å². The summed E-state index contributed by atoms with van der Waals surface area (Å²) < 4.78 is 39.0. The van der Waals surface area contributed by atoms with E-state index in [2.05, 4.69) is 0 Å². The van der Waals surface area contributed by atoms with Crippen molar-refractivity contribution < 1.29 is 12.8 Å². The van der Waals surface area contributed by atoms with Crippen molar-refractivity contribution in [2.24, 2.45) is 5.73 Å². The summed E-state index contributed by atoms with van der Waals surface area (Å²) in [5.41, 5.74) is 5.64. The predicted molar refractivity (Wildman–Crippen MR) is 62.8 cm³/mol. The van der Waals surface area contributed by atoms with Crippen LogP contribution in [-0.4, -0.2) is 31.9 Å². The number of rotatable bonds is 2. The lowest BCUT2D eigenvalue weighted by atomic mass is 10.3. The molecule has 0 radical (unpaired) electrons. The first kappa shape index (κ1) is 12.8. The maximum atomic E-state index is 13.5. The number of sulfonamides is 1. The number of nitrogens with zero attached hydrogens (tertiary/aromatic N) is 1. The standard InChI is InChI=1S/C10H12ClFN2O2S/c11-7-1-2-9(12)10(5-7)17(15,16)14-4-3-8(13)6-14/h1-2,5,8H,3-4,6,13H2/t8-/m1/s1. The number of nitrogens with two attached hydrogens (primary N) is 1. The number of hydrogen-bond acceptors (Lipinski definition) is 3. The minimum atomic E-state index is -3.83. The SMILES string of the molecule is N[C@@H]1CCN(S(=O)(=O)c2cc(Cl)ccc2F)C1. The van der Waals surface area contributed by atoms with Gasteiger partial charge in [0.05, 0.1) is 0 Å². The van der Waals surface area contributed by atoms with Crippen LogP contribution in [0.25, 0.3) is 0 Å². The third kappa shape index (κ3) is 2.44. The lowest BCUT2D eigenvalue weighted by Crippen LogP contribution is -2.32. The molecule has 0 bridgehead atoms. The molecule has 1 saturated heterocycles. The quantitative estimate of drug-likeness (QED) is 0.884. The third-order valence-electron chi connectivity index (χ3n) is 2.70. The van der Waals surface area contributed by atoms with Gasteiger partial charge in [-0.2, -0.15) is 4.31 Å². The van der Waals surface area contributed by atoms with E-state index in [1.807, 2.05) is 0 Å². The van der Waals surface area contributed by atoms with E-state index >= 15 is 0 Å². The van der Waals surface area contributed by atoms with Crippen LogP contribution in [0.1, 0.15) is 6.42 Å². The van der Waals surface area contributed by atoms with Crippen LogP contribution in [0.3, 0.4) is 0 Å². The molecule has 0 unspecified atom stereocenters. The smallest absolute Gasteiger partial charge is 0.246 e. The molecule has 17 heavy (non-hydrogen) atoms. The molecular formula is C10H12ClFN2O2S. The summed E-state index contributed by atoms with van der Waals surface area (Å²) in [6.07, 6.45) is 0.585. The van der Waals surface area contributed by atoms with Crippen molar-refractivity contribution in [2.75, 3.05) is 13.1 Å². The minimum absolute atomic E-state index is 0.188. The van der Waals surface area contributed by atoms with Crippen LogP contribution in [0, 0.1) is 5.82 Å². The fourth-order valence-corrected chi connectivity index (χ4v) is 3.63. The van der Waals surface area contributed by atoms with Crippen molar-refractivity contribution in [3.8, 4) is 0 Å². The van der Waals surface area contributed by atoms with Crippen LogP contribution in [0.5, 0.6) is 0 Å². The summed E-state index contributed by atoms with van der Waals surface area (Å²) in [7, 11) is -3.83. The van der Waals surface area contributed by atoms with Gasteiger partial charge in [0, 0.05) is 24.2 Å². The number of hydrogen-bond donors (Lipinski definition) is 1. The Morgan fingerprint density at radius 2 is 2.18 bits per heavy atom. The zero-order valence-corrected chi connectivity index (χ0v) is 10.5. The Balaban J connectivity index is 2.41. The molecule has 1 atom stereocenters. The van der Waals surface area contributed by atoms with Crippen LogP contribution in [0.4, 0.5) is 4.39 Å². The van der Waals surface area contributed by atoms with E-state index in [1.54, 1.807) is 0 Å². The van der Waals surface area contributed by atoms with Crippen molar-refractivity contribution in [2.45, 2.75) is 17.4 Å². The topological polar surface area (TPSA) is 63.4 Å². The number of benzene rings is 1. The van der Waals surface area contributed by atoms with Crippen LogP contribution in [0.15, 0.2) is 23.1 Å². The molecule has 1 aromatic carbocycles. The van der Waals surface area contributed by atoms with Crippen LogP contribution in [-0.2, 0) is 10.0 Å². The molecule has 1 fully saturated rings. The summed E-state index contributed by atoms with van der Waals surface area (Å²) in [5, 5.41) is 0.188. The van der Waals surface area contributed by atoms with Gasteiger partial charge in [0.25, 0.3) is 0 Å². The van der Waals surface area contributed by atoms with Gasteiger partial charge in [0.15, 0.2) is 0 Å². The zero-order valence-electron chi connectivity index (χ0n) is 8.94. The van der Waals surface area contributed by atoms with Gasteiger partial charge in [-0.25, -0.2) is 12.8 Å². The van der Waals surface area contributed by atoms with Gasteiger partial charge in [-0.15, -0.1) is 0 Å². The fourth-order valence-electron chi connectivity index (χ4n) is 1.79. The van der Waals surface area contributed by atoms with Crippen molar-refractivity contribution in [3.63, 3.8) is 0 Å². The second-order valence-corrected chi connectivity index (χ2v) is 6.33. The molecule has 1 aliphatic rings. The fraction of sp³-hybridized carbons (Fsp3) is 0.400. The normalized spacial score (nSPS) is 21.9. The van der Waals surface area contributed by atoms with Gasteiger partial charge in [-0.3, -0.25) is 0 Å². The summed E-state index contributed by atoms with van der Waals surface area (Å²) in [6.45, 7) is 0.531. The van der Waals surface area contributed by atoms with Crippen molar-refractivity contribution in [1.29, 1.82) is 0 Å². The molecule has 2 N–H and O–H groups in total. The molecule has 1 aliphatic heterocycles. The summed E-state index contributed by atoms with van der Waals surface area (Å²) >= 11 is 5.68. The second-order valence-electron chi connectivity index (χ2n) is 3.99. The molecule has 2 rings (SSSR count). The van der Waals surface area contributed by atoms with E-state index < -0.39 is 15.8 Å².